The summed E-state index contributed by atoms with van der Waals surface area (Å²) in [4.78, 5) is 3.13. The third-order valence-corrected chi connectivity index (χ3v) is 3.33. The zero-order valence-corrected chi connectivity index (χ0v) is 11.0. The number of aromatic nitrogens is 1. The predicted molar refractivity (Wildman–Crippen MR) is 77.1 cm³/mol. The summed E-state index contributed by atoms with van der Waals surface area (Å²) < 4.78 is 37.4. The Balaban J connectivity index is 1.69. The molecule has 0 aliphatic heterocycles. The van der Waals surface area contributed by atoms with Crippen molar-refractivity contribution in [2.24, 2.45) is 0 Å². The lowest BCUT2D eigenvalue weighted by Gasteiger charge is -2.09. The molecule has 3 aromatic rings. The van der Waals surface area contributed by atoms with E-state index in [1.54, 1.807) is 0 Å². The van der Waals surface area contributed by atoms with Crippen molar-refractivity contribution in [2.45, 2.75) is 12.7 Å². The van der Waals surface area contributed by atoms with E-state index in [9.17, 15) is 13.2 Å². The van der Waals surface area contributed by atoms with Gasteiger partial charge in [-0.25, -0.2) is 0 Å². The maximum absolute atomic E-state index is 12.5. The van der Waals surface area contributed by atoms with Gasteiger partial charge in [-0.15, -0.1) is 0 Å². The number of hydrogen-bond acceptors (Lipinski definition) is 1. The van der Waals surface area contributed by atoms with Gasteiger partial charge in [0.15, 0.2) is 0 Å². The van der Waals surface area contributed by atoms with Crippen molar-refractivity contribution in [2.75, 3.05) is 5.32 Å². The number of hydrogen-bond donors (Lipinski definition) is 2. The van der Waals surface area contributed by atoms with E-state index in [1.165, 1.54) is 12.1 Å². The number of rotatable bonds is 3. The third-order valence-electron chi connectivity index (χ3n) is 3.33. The highest BCUT2D eigenvalue weighted by Crippen LogP contribution is 2.29. The molecule has 0 atom stereocenters. The molecule has 0 saturated heterocycles. The molecule has 21 heavy (non-hydrogen) atoms. The quantitative estimate of drug-likeness (QED) is 0.712. The summed E-state index contributed by atoms with van der Waals surface area (Å²) in [5.74, 6) is 0. The van der Waals surface area contributed by atoms with Gasteiger partial charge in [-0.05, 0) is 47.3 Å². The molecule has 0 saturated carbocycles. The summed E-state index contributed by atoms with van der Waals surface area (Å²) in [6.45, 7) is 0.556. The molecule has 108 valence electrons. The largest absolute Gasteiger partial charge is 0.416 e. The van der Waals surface area contributed by atoms with Crippen LogP contribution in [-0.4, -0.2) is 4.98 Å². The van der Waals surface area contributed by atoms with E-state index in [0.29, 0.717) is 12.2 Å². The monoisotopic (exact) mass is 290 g/mol. The van der Waals surface area contributed by atoms with Gasteiger partial charge in [0.25, 0.3) is 0 Å². The Kier molecular flexibility index (Phi) is 3.33. The second-order valence-electron chi connectivity index (χ2n) is 4.83. The molecule has 0 spiro atoms. The lowest BCUT2D eigenvalue weighted by Crippen LogP contribution is -2.05. The lowest BCUT2D eigenvalue weighted by atomic mass is 10.1. The fourth-order valence-electron chi connectivity index (χ4n) is 2.19. The average Bonchev–Trinajstić information content (AvgIpc) is 2.92. The molecular weight excluding hydrogens is 277 g/mol. The molecule has 2 nitrogen and oxygen atoms in total. The maximum atomic E-state index is 12.5. The predicted octanol–water partition coefficient (Wildman–Crippen LogP) is 4.80. The van der Waals surface area contributed by atoms with Crippen LogP contribution in [0.2, 0.25) is 0 Å². The normalized spacial score (nSPS) is 11.8. The first-order valence-corrected chi connectivity index (χ1v) is 6.49. The van der Waals surface area contributed by atoms with E-state index < -0.39 is 11.7 Å². The Bertz CT molecular complexity index is 742. The zero-order chi connectivity index (χ0) is 14.9. The smallest absolute Gasteiger partial charge is 0.381 e. The molecule has 0 fully saturated rings. The third kappa shape index (κ3) is 3.02. The van der Waals surface area contributed by atoms with Gasteiger partial charge in [-0.2, -0.15) is 13.2 Å². The maximum Gasteiger partial charge on any atom is 0.416 e. The molecule has 0 radical (unpaired) electrons. The Morgan fingerprint density at radius 1 is 0.952 bits per heavy atom. The molecule has 1 heterocycles. The molecule has 2 N–H and O–H groups in total. The SMILES string of the molecule is FC(F)(F)c1ccc(NCc2ccc3cc[nH]c3c2)cc1. The zero-order valence-electron chi connectivity index (χ0n) is 11.0. The van der Waals surface area contributed by atoms with Crippen LogP contribution in [0.1, 0.15) is 11.1 Å². The van der Waals surface area contributed by atoms with Crippen LogP contribution in [0.5, 0.6) is 0 Å². The summed E-state index contributed by atoms with van der Waals surface area (Å²) in [6, 6.07) is 13.1. The molecule has 0 bridgehead atoms. The Labute approximate surface area is 119 Å². The number of aromatic amines is 1. The molecule has 0 unspecified atom stereocenters. The first-order valence-electron chi connectivity index (χ1n) is 6.49. The second kappa shape index (κ2) is 5.16. The summed E-state index contributed by atoms with van der Waals surface area (Å²) in [5.41, 5.74) is 2.13. The molecular formula is C16H13F3N2. The van der Waals surface area contributed by atoms with Gasteiger partial charge in [-0.3, -0.25) is 0 Å². The van der Waals surface area contributed by atoms with Gasteiger partial charge in [0, 0.05) is 23.9 Å². The molecule has 5 heteroatoms. The number of halogens is 3. The van der Waals surface area contributed by atoms with Crippen molar-refractivity contribution in [3.05, 3.63) is 65.9 Å². The first-order chi connectivity index (χ1) is 10.0. The van der Waals surface area contributed by atoms with Crippen LogP contribution in [0.25, 0.3) is 10.9 Å². The van der Waals surface area contributed by atoms with Crippen LogP contribution in [0.4, 0.5) is 18.9 Å². The standard InChI is InChI=1S/C16H13F3N2/c17-16(18,19)13-3-5-14(6-4-13)21-10-11-1-2-12-7-8-20-15(12)9-11/h1-9,20-21H,10H2. The number of alkyl halides is 3. The van der Waals surface area contributed by atoms with Crippen LogP contribution < -0.4 is 5.32 Å². The van der Waals surface area contributed by atoms with Gasteiger partial charge in [-0.1, -0.05) is 12.1 Å². The number of fused-ring (bicyclic) bond motifs is 1. The Hall–Kier alpha value is -2.43. The van der Waals surface area contributed by atoms with E-state index in [0.717, 1.165) is 28.6 Å². The summed E-state index contributed by atoms with van der Waals surface area (Å²) >= 11 is 0. The van der Waals surface area contributed by atoms with E-state index in [4.69, 9.17) is 0 Å². The minimum absolute atomic E-state index is 0.556. The van der Waals surface area contributed by atoms with Crippen LogP contribution in [0.3, 0.4) is 0 Å². The van der Waals surface area contributed by atoms with Crippen molar-refractivity contribution in [3.63, 3.8) is 0 Å². The minimum Gasteiger partial charge on any atom is -0.381 e. The average molecular weight is 290 g/mol. The van der Waals surface area contributed by atoms with E-state index in [-0.39, 0.29) is 0 Å². The first kappa shape index (κ1) is 13.5. The van der Waals surface area contributed by atoms with Crippen molar-refractivity contribution in [3.8, 4) is 0 Å². The number of H-pyrrole nitrogens is 1. The number of anilines is 1. The Morgan fingerprint density at radius 3 is 2.43 bits per heavy atom. The van der Waals surface area contributed by atoms with Gasteiger partial charge < -0.3 is 10.3 Å². The lowest BCUT2D eigenvalue weighted by molar-refractivity contribution is -0.137. The van der Waals surface area contributed by atoms with Crippen LogP contribution in [-0.2, 0) is 12.7 Å². The topological polar surface area (TPSA) is 27.8 Å². The van der Waals surface area contributed by atoms with Gasteiger partial charge in [0.2, 0.25) is 0 Å². The molecule has 3 rings (SSSR count). The van der Waals surface area contributed by atoms with Gasteiger partial charge in [0.1, 0.15) is 0 Å². The minimum atomic E-state index is -4.29. The van der Waals surface area contributed by atoms with Crippen molar-refractivity contribution >= 4 is 16.6 Å². The fourth-order valence-corrected chi connectivity index (χ4v) is 2.19. The number of nitrogens with one attached hydrogen (secondary N) is 2. The highest BCUT2D eigenvalue weighted by atomic mass is 19.4. The fraction of sp³-hybridized carbons (Fsp3) is 0.125. The highest BCUT2D eigenvalue weighted by Gasteiger charge is 2.29. The van der Waals surface area contributed by atoms with Crippen LogP contribution in [0, 0.1) is 0 Å². The van der Waals surface area contributed by atoms with Crippen LogP contribution in [0.15, 0.2) is 54.7 Å². The van der Waals surface area contributed by atoms with E-state index >= 15 is 0 Å². The second-order valence-corrected chi connectivity index (χ2v) is 4.83. The number of benzene rings is 2. The van der Waals surface area contributed by atoms with Crippen molar-refractivity contribution in [1.82, 2.24) is 4.98 Å². The van der Waals surface area contributed by atoms with E-state index in [1.807, 2.05) is 30.5 Å². The molecule has 0 aliphatic carbocycles. The molecule has 2 aromatic carbocycles. The van der Waals surface area contributed by atoms with Crippen molar-refractivity contribution in [1.29, 1.82) is 0 Å². The summed E-state index contributed by atoms with van der Waals surface area (Å²) in [5, 5.41) is 4.25. The molecule has 1 aromatic heterocycles. The van der Waals surface area contributed by atoms with Gasteiger partial charge >= 0.3 is 6.18 Å². The highest BCUT2D eigenvalue weighted by molar-refractivity contribution is 5.79. The van der Waals surface area contributed by atoms with Crippen molar-refractivity contribution < 1.29 is 13.2 Å². The molecule has 0 amide bonds. The Morgan fingerprint density at radius 2 is 1.71 bits per heavy atom. The summed E-state index contributed by atoms with van der Waals surface area (Å²) in [7, 11) is 0. The van der Waals surface area contributed by atoms with Gasteiger partial charge in [0.05, 0.1) is 5.56 Å². The van der Waals surface area contributed by atoms with E-state index in [2.05, 4.69) is 10.3 Å². The van der Waals surface area contributed by atoms with Crippen LogP contribution >= 0.6 is 0 Å². The molecule has 0 aliphatic rings. The summed E-state index contributed by atoms with van der Waals surface area (Å²) in [6.07, 6.45) is -2.42.